The summed E-state index contributed by atoms with van der Waals surface area (Å²) in [6.45, 7) is 1.81. The molecule has 1 aromatic carbocycles. The molecular weight excluding hydrogens is 222 g/mol. The Morgan fingerprint density at radius 3 is 2.69 bits per heavy atom. The van der Waals surface area contributed by atoms with Crippen LogP contribution in [0.4, 0.5) is 0 Å². The number of hydrogen-bond donors (Lipinski definition) is 1. The average Bonchev–Trinajstić information content (AvgIpc) is 2.34. The summed E-state index contributed by atoms with van der Waals surface area (Å²) in [5.41, 5.74) is 1.13. The van der Waals surface area contributed by atoms with Crippen molar-refractivity contribution in [3.8, 4) is 11.5 Å². The minimum Gasteiger partial charge on any atom is -0.497 e. The molecule has 16 heavy (non-hydrogen) atoms. The topological polar surface area (TPSA) is 30.5 Å². The predicted molar refractivity (Wildman–Crippen MR) is 69.6 cm³/mol. The molecule has 3 nitrogen and oxygen atoms in total. The number of benzene rings is 1. The summed E-state index contributed by atoms with van der Waals surface area (Å²) in [4.78, 5) is 0. The standard InChI is InChI=1S/C12H19NO2S/c1-14-11-4-5-12(15-2)10(8-11)9-13-6-7-16-3/h4-5,8,13H,6-7,9H2,1-3H3. The lowest BCUT2D eigenvalue weighted by molar-refractivity contribution is 0.397. The van der Waals surface area contributed by atoms with E-state index in [2.05, 4.69) is 11.6 Å². The minimum atomic E-state index is 0.806. The maximum atomic E-state index is 5.30. The van der Waals surface area contributed by atoms with Gasteiger partial charge in [0.1, 0.15) is 11.5 Å². The van der Waals surface area contributed by atoms with Crippen molar-refractivity contribution in [3.63, 3.8) is 0 Å². The molecule has 0 aliphatic heterocycles. The molecule has 0 heterocycles. The zero-order valence-corrected chi connectivity index (χ0v) is 10.9. The number of methoxy groups -OCH3 is 2. The van der Waals surface area contributed by atoms with Crippen LogP contribution in [0.2, 0.25) is 0 Å². The normalized spacial score (nSPS) is 10.2. The second-order valence-electron chi connectivity index (χ2n) is 3.35. The van der Waals surface area contributed by atoms with Crippen molar-refractivity contribution in [2.24, 2.45) is 0 Å². The van der Waals surface area contributed by atoms with E-state index in [0.29, 0.717) is 0 Å². The quantitative estimate of drug-likeness (QED) is 0.741. The molecule has 1 N–H and O–H groups in total. The van der Waals surface area contributed by atoms with Crippen LogP contribution in [-0.4, -0.2) is 32.8 Å². The number of thioether (sulfide) groups is 1. The highest BCUT2D eigenvalue weighted by Crippen LogP contribution is 2.23. The Balaban J connectivity index is 2.60. The number of hydrogen-bond acceptors (Lipinski definition) is 4. The summed E-state index contributed by atoms with van der Waals surface area (Å²) in [7, 11) is 3.36. The van der Waals surface area contributed by atoms with E-state index < -0.39 is 0 Å². The first-order chi connectivity index (χ1) is 7.81. The summed E-state index contributed by atoms with van der Waals surface area (Å²) in [6.07, 6.45) is 2.10. The fourth-order valence-electron chi connectivity index (χ4n) is 1.42. The Morgan fingerprint density at radius 1 is 1.25 bits per heavy atom. The molecule has 0 saturated carbocycles. The molecule has 1 aromatic rings. The second kappa shape index (κ2) is 7.41. The van der Waals surface area contributed by atoms with Crippen LogP contribution in [0, 0.1) is 0 Å². The van der Waals surface area contributed by atoms with Gasteiger partial charge >= 0.3 is 0 Å². The molecule has 0 radical (unpaired) electrons. The van der Waals surface area contributed by atoms with E-state index in [4.69, 9.17) is 9.47 Å². The summed E-state index contributed by atoms with van der Waals surface area (Å²) in [6, 6.07) is 5.85. The fourth-order valence-corrected chi connectivity index (χ4v) is 1.77. The van der Waals surface area contributed by atoms with Gasteiger partial charge in [-0.2, -0.15) is 11.8 Å². The molecular formula is C12H19NO2S. The van der Waals surface area contributed by atoms with Gasteiger partial charge in [0, 0.05) is 24.4 Å². The van der Waals surface area contributed by atoms with E-state index in [-0.39, 0.29) is 0 Å². The first-order valence-electron chi connectivity index (χ1n) is 5.22. The van der Waals surface area contributed by atoms with Gasteiger partial charge in [-0.15, -0.1) is 0 Å². The molecule has 90 valence electrons. The second-order valence-corrected chi connectivity index (χ2v) is 4.33. The van der Waals surface area contributed by atoms with Crippen molar-refractivity contribution in [3.05, 3.63) is 23.8 Å². The maximum Gasteiger partial charge on any atom is 0.123 e. The highest BCUT2D eigenvalue weighted by atomic mass is 32.2. The Morgan fingerprint density at radius 2 is 2.06 bits per heavy atom. The molecule has 0 aromatic heterocycles. The van der Waals surface area contributed by atoms with Crippen LogP contribution in [0.5, 0.6) is 11.5 Å². The lowest BCUT2D eigenvalue weighted by Gasteiger charge is -2.11. The molecule has 0 fully saturated rings. The average molecular weight is 241 g/mol. The van der Waals surface area contributed by atoms with E-state index in [1.807, 2.05) is 30.0 Å². The molecule has 0 aliphatic rings. The Hall–Kier alpha value is -0.870. The van der Waals surface area contributed by atoms with Crippen molar-refractivity contribution < 1.29 is 9.47 Å². The van der Waals surface area contributed by atoms with Gasteiger partial charge in [-0.05, 0) is 24.5 Å². The van der Waals surface area contributed by atoms with Gasteiger partial charge in [0.25, 0.3) is 0 Å². The number of ether oxygens (including phenoxy) is 2. The van der Waals surface area contributed by atoms with E-state index in [9.17, 15) is 0 Å². The molecule has 0 bridgehead atoms. The van der Waals surface area contributed by atoms with Crippen LogP contribution in [0.1, 0.15) is 5.56 Å². The zero-order chi connectivity index (χ0) is 11.8. The Labute approximate surface area is 102 Å². The van der Waals surface area contributed by atoms with Crippen LogP contribution >= 0.6 is 11.8 Å². The highest BCUT2D eigenvalue weighted by molar-refractivity contribution is 7.98. The van der Waals surface area contributed by atoms with E-state index >= 15 is 0 Å². The molecule has 0 aliphatic carbocycles. The van der Waals surface area contributed by atoms with Gasteiger partial charge in [-0.3, -0.25) is 0 Å². The van der Waals surface area contributed by atoms with Crippen LogP contribution < -0.4 is 14.8 Å². The molecule has 0 spiro atoms. The molecule has 0 atom stereocenters. The van der Waals surface area contributed by atoms with Gasteiger partial charge in [0.05, 0.1) is 14.2 Å². The van der Waals surface area contributed by atoms with Gasteiger partial charge in [0.2, 0.25) is 0 Å². The van der Waals surface area contributed by atoms with Gasteiger partial charge in [-0.25, -0.2) is 0 Å². The van der Waals surface area contributed by atoms with E-state index in [1.165, 1.54) is 0 Å². The Bertz CT molecular complexity index is 318. The Kier molecular flexibility index (Phi) is 6.11. The SMILES string of the molecule is COc1ccc(OC)c(CNCCSC)c1. The zero-order valence-electron chi connectivity index (χ0n) is 10.1. The van der Waals surface area contributed by atoms with Crippen LogP contribution in [0.25, 0.3) is 0 Å². The summed E-state index contributed by atoms with van der Waals surface area (Å²) in [5, 5.41) is 3.37. The molecule has 0 saturated heterocycles. The first-order valence-corrected chi connectivity index (χ1v) is 6.61. The third kappa shape index (κ3) is 3.94. The maximum absolute atomic E-state index is 5.30. The van der Waals surface area contributed by atoms with Crippen LogP contribution in [0.3, 0.4) is 0 Å². The molecule has 1 rings (SSSR count). The minimum absolute atomic E-state index is 0.806. The summed E-state index contributed by atoms with van der Waals surface area (Å²) in [5.74, 6) is 2.88. The van der Waals surface area contributed by atoms with Crippen LogP contribution in [0.15, 0.2) is 18.2 Å². The van der Waals surface area contributed by atoms with Crippen molar-refractivity contribution in [1.29, 1.82) is 0 Å². The molecule has 4 heteroatoms. The van der Waals surface area contributed by atoms with Crippen LogP contribution in [-0.2, 0) is 6.54 Å². The van der Waals surface area contributed by atoms with Crippen molar-refractivity contribution in [1.82, 2.24) is 5.32 Å². The number of nitrogens with one attached hydrogen (secondary N) is 1. The third-order valence-electron chi connectivity index (χ3n) is 2.29. The van der Waals surface area contributed by atoms with Crippen molar-refractivity contribution >= 4 is 11.8 Å². The summed E-state index contributed by atoms with van der Waals surface area (Å²) < 4.78 is 10.5. The van der Waals surface area contributed by atoms with E-state index in [0.717, 1.165) is 35.9 Å². The first kappa shape index (κ1) is 13.2. The highest BCUT2D eigenvalue weighted by Gasteiger charge is 2.04. The largest absolute Gasteiger partial charge is 0.497 e. The fraction of sp³-hybridized carbons (Fsp3) is 0.500. The van der Waals surface area contributed by atoms with E-state index in [1.54, 1.807) is 14.2 Å². The predicted octanol–water partition coefficient (Wildman–Crippen LogP) is 2.16. The van der Waals surface area contributed by atoms with Crippen molar-refractivity contribution in [2.45, 2.75) is 6.54 Å². The lowest BCUT2D eigenvalue weighted by Crippen LogP contribution is -2.16. The third-order valence-corrected chi connectivity index (χ3v) is 2.90. The monoisotopic (exact) mass is 241 g/mol. The van der Waals surface area contributed by atoms with Gasteiger partial charge in [0.15, 0.2) is 0 Å². The van der Waals surface area contributed by atoms with Gasteiger partial charge in [-0.1, -0.05) is 0 Å². The molecule has 0 unspecified atom stereocenters. The van der Waals surface area contributed by atoms with Gasteiger partial charge < -0.3 is 14.8 Å². The molecule has 0 amide bonds. The summed E-state index contributed by atoms with van der Waals surface area (Å²) >= 11 is 1.84. The smallest absolute Gasteiger partial charge is 0.123 e. The number of rotatable bonds is 7. The lowest BCUT2D eigenvalue weighted by atomic mass is 10.2. The van der Waals surface area contributed by atoms with Crippen molar-refractivity contribution in [2.75, 3.05) is 32.8 Å².